The zero-order chi connectivity index (χ0) is 25.1. The highest BCUT2D eigenvalue weighted by Gasteiger charge is 2.34. The van der Waals surface area contributed by atoms with Crippen LogP contribution in [0.4, 0.5) is 0 Å². The number of phenols is 1. The average molecular weight is 481 g/mol. The van der Waals surface area contributed by atoms with Crippen molar-refractivity contribution in [3.8, 4) is 17.2 Å². The van der Waals surface area contributed by atoms with Crippen LogP contribution in [-0.4, -0.2) is 68.0 Å². The first-order valence-electron chi connectivity index (χ1n) is 11.5. The molecule has 1 aromatic heterocycles. The highest BCUT2D eigenvalue weighted by molar-refractivity contribution is 6.16. The number of carbonyl (C=O) groups is 1. The fraction of sp³-hybridized carbons (Fsp3) is 0.370. The number of methoxy groups -OCH3 is 3. The van der Waals surface area contributed by atoms with E-state index in [9.17, 15) is 9.90 Å². The van der Waals surface area contributed by atoms with Gasteiger partial charge < -0.3 is 28.6 Å². The topological polar surface area (TPSA) is 82.4 Å². The zero-order valence-corrected chi connectivity index (χ0v) is 20.9. The lowest BCUT2D eigenvalue weighted by molar-refractivity contribution is 0.101. The summed E-state index contributed by atoms with van der Waals surface area (Å²) in [7, 11) is 6.88. The van der Waals surface area contributed by atoms with Crippen LogP contribution in [0.25, 0.3) is 17.0 Å². The van der Waals surface area contributed by atoms with Gasteiger partial charge in [0.15, 0.2) is 5.76 Å². The molecule has 1 aliphatic heterocycles. The smallest absolute Gasteiger partial charge is 0.232 e. The molecular weight excluding hydrogens is 448 g/mol. The van der Waals surface area contributed by atoms with Gasteiger partial charge in [-0.05, 0) is 42.8 Å². The van der Waals surface area contributed by atoms with Crippen LogP contribution in [0.3, 0.4) is 0 Å². The Morgan fingerprint density at radius 1 is 1.11 bits per heavy atom. The predicted molar refractivity (Wildman–Crippen MR) is 134 cm³/mol. The number of Topliss-reactive ketones (excluding diaryl/α,β-unsaturated/α-hetero) is 1. The molecule has 3 aromatic rings. The molecule has 0 saturated carbocycles. The van der Waals surface area contributed by atoms with Gasteiger partial charge in [0.2, 0.25) is 5.78 Å². The molecule has 0 fully saturated rings. The number of carbonyl (C=O) groups excluding carboxylic acids is 1. The van der Waals surface area contributed by atoms with E-state index in [1.807, 2.05) is 42.9 Å². The lowest BCUT2D eigenvalue weighted by Crippen LogP contribution is -2.30. The number of fused-ring (bicyclic) bond motifs is 2. The third kappa shape index (κ3) is 4.91. The maximum atomic E-state index is 13.4. The van der Waals surface area contributed by atoms with E-state index in [-0.39, 0.29) is 17.3 Å². The number of allylic oxidation sites excluding steroid dienone is 1. The molecule has 0 saturated heterocycles. The van der Waals surface area contributed by atoms with Gasteiger partial charge in [0.1, 0.15) is 17.2 Å². The molecule has 1 N–H and O–H groups in total. The van der Waals surface area contributed by atoms with Gasteiger partial charge in [-0.15, -0.1) is 0 Å². The highest BCUT2D eigenvalue weighted by atomic mass is 16.5. The van der Waals surface area contributed by atoms with Crippen molar-refractivity contribution in [2.24, 2.45) is 7.05 Å². The number of nitrogens with zero attached hydrogens (tertiary/aromatic N) is 2. The number of phenolic OH excluding ortho intramolecular Hbond substituents is 1. The van der Waals surface area contributed by atoms with Gasteiger partial charge in [-0.25, -0.2) is 0 Å². The van der Waals surface area contributed by atoms with Gasteiger partial charge in [-0.1, -0.05) is 0 Å². The second-order valence-electron chi connectivity index (χ2n) is 8.68. The zero-order valence-electron chi connectivity index (χ0n) is 20.9. The summed E-state index contributed by atoms with van der Waals surface area (Å²) >= 11 is 0. The van der Waals surface area contributed by atoms with Crippen LogP contribution in [0, 0.1) is 6.92 Å². The van der Waals surface area contributed by atoms with E-state index in [1.54, 1.807) is 33.5 Å². The molecule has 2 aromatic carbocycles. The van der Waals surface area contributed by atoms with Crippen molar-refractivity contribution in [1.29, 1.82) is 0 Å². The number of ketones is 1. The van der Waals surface area contributed by atoms with Crippen LogP contribution < -0.4 is 9.47 Å². The Morgan fingerprint density at radius 3 is 2.49 bits per heavy atom. The minimum atomic E-state index is -0.195. The Morgan fingerprint density at radius 2 is 1.83 bits per heavy atom. The minimum Gasteiger partial charge on any atom is -0.507 e. The predicted octanol–water partition coefficient (Wildman–Crippen LogP) is 3.91. The average Bonchev–Trinajstić information content (AvgIpc) is 3.34. The van der Waals surface area contributed by atoms with Crippen LogP contribution in [-0.2, 0) is 23.1 Å². The maximum absolute atomic E-state index is 13.4. The Bertz CT molecular complexity index is 1270. The van der Waals surface area contributed by atoms with Crippen LogP contribution >= 0.6 is 0 Å². The summed E-state index contributed by atoms with van der Waals surface area (Å²) in [4.78, 5) is 15.5. The van der Waals surface area contributed by atoms with Crippen LogP contribution in [0.2, 0.25) is 0 Å². The number of hydrogen-bond donors (Lipinski definition) is 1. The van der Waals surface area contributed by atoms with Gasteiger partial charge in [0, 0.05) is 63.6 Å². The molecule has 0 aliphatic carbocycles. The molecule has 0 bridgehead atoms. The van der Waals surface area contributed by atoms with Crippen molar-refractivity contribution in [2.75, 3.05) is 47.6 Å². The van der Waals surface area contributed by atoms with Crippen molar-refractivity contribution in [3.63, 3.8) is 0 Å². The normalized spacial score (nSPS) is 14.2. The van der Waals surface area contributed by atoms with E-state index >= 15 is 0 Å². The largest absolute Gasteiger partial charge is 0.507 e. The minimum absolute atomic E-state index is 0.102. The summed E-state index contributed by atoms with van der Waals surface area (Å²) in [6, 6.07) is 7.47. The van der Waals surface area contributed by atoms with Crippen LogP contribution in [0.1, 0.15) is 27.0 Å². The molecule has 0 amide bonds. The number of rotatable bonds is 10. The summed E-state index contributed by atoms with van der Waals surface area (Å²) in [5.74, 6) is 1.28. The molecular formula is C27H32N2O6. The summed E-state index contributed by atoms with van der Waals surface area (Å²) in [5, 5.41) is 11.8. The molecule has 8 heteroatoms. The second kappa shape index (κ2) is 10.5. The Balaban J connectivity index is 1.72. The Labute approximate surface area is 205 Å². The number of aromatic nitrogens is 1. The lowest BCUT2D eigenvalue weighted by atomic mass is 9.99. The molecule has 1 aliphatic rings. The standard InChI is InChI=1S/C27H32N2O6/c1-17-12-23(30)21(16-29(8-10-32-3)9-11-33-4)27-25(17)26(31)24(35-27)13-18-15-28(2)22-7-6-19(34-5)14-20(18)22/h6-7,12-15,30H,8-11,16H2,1-5H3/b24-13+. The number of ether oxygens (including phenoxy) is 4. The first kappa shape index (κ1) is 24.8. The number of aromatic hydroxyl groups is 1. The van der Waals surface area contributed by atoms with E-state index in [1.165, 1.54) is 0 Å². The van der Waals surface area contributed by atoms with E-state index < -0.39 is 0 Å². The van der Waals surface area contributed by atoms with Crippen molar-refractivity contribution in [1.82, 2.24) is 9.47 Å². The van der Waals surface area contributed by atoms with Crippen LogP contribution in [0.15, 0.2) is 36.2 Å². The van der Waals surface area contributed by atoms with Crippen LogP contribution in [0.5, 0.6) is 17.2 Å². The fourth-order valence-corrected chi connectivity index (χ4v) is 4.45. The summed E-state index contributed by atoms with van der Waals surface area (Å²) < 4.78 is 24.0. The quantitative estimate of drug-likeness (QED) is 0.441. The molecule has 35 heavy (non-hydrogen) atoms. The molecule has 2 heterocycles. The molecule has 4 rings (SSSR count). The van der Waals surface area contributed by atoms with Gasteiger partial charge in [0.05, 0.1) is 31.5 Å². The van der Waals surface area contributed by atoms with Gasteiger partial charge >= 0.3 is 0 Å². The number of benzene rings is 2. The molecule has 0 unspecified atom stereocenters. The van der Waals surface area contributed by atoms with E-state index in [2.05, 4.69) is 4.90 Å². The van der Waals surface area contributed by atoms with Crippen molar-refractivity contribution in [3.05, 3.63) is 58.5 Å². The first-order chi connectivity index (χ1) is 16.9. The number of hydrogen-bond acceptors (Lipinski definition) is 7. The van der Waals surface area contributed by atoms with Crippen molar-refractivity contribution < 1.29 is 28.8 Å². The summed E-state index contributed by atoms with van der Waals surface area (Å²) in [6.45, 7) is 4.57. The number of aryl methyl sites for hydroxylation is 2. The van der Waals surface area contributed by atoms with Crippen molar-refractivity contribution in [2.45, 2.75) is 13.5 Å². The van der Waals surface area contributed by atoms with Gasteiger partial charge in [-0.2, -0.15) is 0 Å². The summed E-state index contributed by atoms with van der Waals surface area (Å²) in [5.41, 5.74) is 3.61. The Hall–Kier alpha value is -3.33. The van der Waals surface area contributed by atoms with Crippen molar-refractivity contribution >= 4 is 22.8 Å². The third-order valence-electron chi connectivity index (χ3n) is 6.34. The van der Waals surface area contributed by atoms with Gasteiger partial charge in [0.25, 0.3) is 0 Å². The molecule has 0 radical (unpaired) electrons. The first-order valence-corrected chi connectivity index (χ1v) is 11.5. The fourth-order valence-electron chi connectivity index (χ4n) is 4.45. The van der Waals surface area contributed by atoms with Gasteiger partial charge in [-0.3, -0.25) is 9.69 Å². The monoisotopic (exact) mass is 480 g/mol. The SMILES string of the molecule is COCCN(CCOC)Cc1c(O)cc(C)c2c1O/C(=C/c1cn(C)c3ccc(OC)cc13)C2=O. The summed E-state index contributed by atoms with van der Waals surface area (Å²) in [6.07, 6.45) is 3.72. The van der Waals surface area contributed by atoms with E-state index in [0.717, 1.165) is 22.2 Å². The second-order valence-corrected chi connectivity index (χ2v) is 8.68. The molecule has 186 valence electrons. The molecule has 0 atom stereocenters. The van der Waals surface area contributed by atoms with E-state index in [0.29, 0.717) is 55.3 Å². The highest BCUT2D eigenvalue weighted by Crippen LogP contribution is 2.42. The maximum Gasteiger partial charge on any atom is 0.232 e. The lowest BCUT2D eigenvalue weighted by Gasteiger charge is -2.23. The Kier molecular flexibility index (Phi) is 7.45. The molecule has 0 spiro atoms. The third-order valence-corrected chi connectivity index (χ3v) is 6.34. The van der Waals surface area contributed by atoms with E-state index in [4.69, 9.17) is 18.9 Å². The molecule has 8 nitrogen and oxygen atoms in total.